The maximum absolute atomic E-state index is 14.3. The first-order chi connectivity index (χ1) is 23.6. The first-order valence-electron chi connectivity index (χ1n) is 16.8. The summed E-state index contributed by atoms with van der Waals surface area (Å²) in [5.41, 5.74) is 16.4. The quantitative estimate of drug-likeness (QED) is 0.202. The topological polar surface area (TPSA) is 74.4 Å². The van der Waals surface area contributed by atoms with E-state index in [2.05, 4.69) is 104 Å². The number of carbonyl (C=O) groups excluding carboxylic acids is 1. The molecule has 0 saturated heterocycles. The van der Waals surface area contributed by atoms with E-state index in [9.17, 15) is 4.79 Å². The SMILES string of the molecule is Cc1ccc(-c2c3ccc(cc4nc(c(-c5ccccc5)c5nc(c(-c6c(C)cc(C)cc6C)c6ccc2[nH]6)C=C5)C(=O)C4(C)C)[nH]3)cc1. The maximum atomic E-state index is 14.3. The normalized spacial score (nSPS) is 13.6. The number of rotatable bonds is 3. The summed E-state index contributed by atoms with van der Waals surface area (Å²) in [6.07, 6.45) is 4.11. The van der Waals surface area contributed by atoms with Crippen LogP contribution in [0.5, 0.6) is 0 Å². The fourth-order valence-corrected chi connectivity index (χ4v) is 7.38. The van der Waals surface area contributed by atoms with Gasteiger partial charge in [0.2, 0.25) is 0 Å². The molecule has 49 heavy (non-hydrogen) atoms. The molecule has 8 rings (SSSR count). The zero-order chi connectivity index (χ0) is 34.0. The second kappa shape index (κ2) is 11.4. The van der Waals surface area contributed by atoms with Crippen molar-refractivity contribution in [3.05, 3.63) is 142 Å². The average Bonchev–Trinajstić information content (AvgIpc) is 3.88. The molecule has 0 unspecified atom stereocenters. The van der Waals surface area contributed by atoms with Crippen LogP contribution in [0.1, 0.15) is 63.7 Å². The van der Waals surface area contributed by atoms with Crippen LogP contribution >= 0.6 is 0 Å². The number of aryl methyl sites for hydroxylation is 4. The van der Waals surface area contributed by atoms with Gasteiger partial charge in [0.25, 0.3) is 0 Å². The highest BCUT2D eigenvalue weighted by atomic mass is 16.1. The van der Waals surface area contributed by atoms with Crippen LogP contribution in [0, 0.1) is 27.7 Å². The van der Waals surface area contributed by atoms with E-state index in [1.54, 1.807) is 0 Å². The molecule has 0 saturated carbocycles. The lowest BCUT2D eigenvalue weighted by Gasteiger charge is -2.15. The van der Waals surface area contributed by atoms with Gasteiger partial charge in [0, 0.05) is 38.8 Å². The van der Waals surface area contributed by atoms with Gasteiger partial charge in [-0.25, -0.2) is 9.97 Å². The zero-order valence-corrected chi connectivity index (χ0v) is 28.7. The Morgan fingerprint density at radius 1 is 0.551 bits per heavy atom. The minimum Gasteiger partial charge on any atom is -0.355 e. The van der Waals surface area contributed by atoms with Gasteiger partial charge in [0.05, 0.1) is 22.5 Å². The van der Waals surface area contributed by atoms with Crippen LogP contribution in [-0.4, -0.2) is 25.7 Å². The summed E-state index contributed by atoms with van der Waals surface area (Å²) in [5.74, 6) is -0.0202. The van der Waals surface area contributed by atoms with Crippen molar-refractivity contribution >= 4 is 40.0 Å². The molecule has 240 valence electrons. The molecule has 5 nitrogen and oxygen atoms in total. The van der Waals surface area contributed by atoms with Gasteiger partial charge in [-0.3, -0.25) is 4.79 Å². The number of aromatic amines is 2. The predicted octanol–water partition coefficient (Wildman–Crippen LogP) is 10.9. The number of ketones is 1. The lowest BCUT2D eigenvalue weighted by Crippen LogP contribution is -2.24. The fraction of sp³-hybridized carbons (Fsp3) is 0.159. The molecular formula is C44H38N4O. The average molecular weight is 639 g/mol. The van der Waals surface area contributed by atoms with Crippen LogP contribution in [0.15, 0.2) is 97.1 Å². The van der Waals surface area contributed by atoms with Crippen LogP contribution < -0.4 is 0 Å². The van der Waals surface area contributed by atoms with Crippen LogP contribution in [0.3, 0.4) is 0 Å². The largest absolute Gasteiger partial charge is 0.355 e. The van der Waals surface area contributed by atoms with Gasteiger partial charge in [-0.1, -0.05) is 77.9 Å². The van der Waals surface area contributed by atoms with Crippen molar-refractivity contribution in [2.45, 2.75) is 47.0 Å². The van der Waals surface area contributed by atoms with Gasteiger partial charge < -0.3 is 9.97 Å². The number of H-pyrrole nitrogens is 2. The Kier molecular flexibility index (Phi) is 7.11. The summed E-state index contributed by atoms with van der Waals surface area (Å²) >= 11 is 0. The lowest BCUT2D eigenvalue weighted by atomic mass is 9.84. The van der Waals surface area contributed by atoms with Gasteiger partial charge in [0.15, 0.2) is 5.78 Å². The Labute approximate surface area is 286 Å². The monoisotopic (exact) mass is 638 g/mol. The van der Waals surface area contributed by atoms with Crippen LogP contribution in [0.2, 0.25) is 0 Å². The molecule has 0 atom stereocenters. The Morgan fingerprint density at radius 2 is 1.14 bits per heavy atom. The van der Waals surface area contributed by atoms with Crippen molar-refractivity contribution < 1.29 is 4.79 Å². The third-order valence-electron chi connectivity index (χ3n) is 9.87. The van der Waals surface area contributed by atoms with Gasteiger partial charge >= 0.3 is 0 Å². The molecule has 0 radical (unpaired) electrons. The number of hydrogen-bond acceptors (Lipinski definition) is 3. The smallest absolute Gasteiger partial charge is 0.193 e. The molecule has 0 spiro atoms. The maximum Gasteiger partial charge on any atom is 0.193 e. The van der Waals surface area contributed by atoms with E-state index in [-0.39, 0.29) is 5.78 Å². The van der Waals surface area contributed by atoms with E-state index < -0.39 is 5.41 Å². The molecule has 0 amide bonds. The van der Waals surface area contributed by atoms with Crippen molar-refractivity contribution in [3.63, 3.8) is 0 Å². The first kappa shape index (κ1) is 30.5. The molecule has 3 aromatic carbocycles. The Balaban J connectivity index is 1.59. The van der Waals surface area contributed by atoms with E-state index in [4.69, 9.17) is 9.97 Å². The Bertz CT molecular complexity index is 2490. The molecule has 0 aliphatic carbocycles. The van der Waals surface area contributed by atoms with Crippen LogP contribution in [0.25, 0.3) is 67.6 Å². The number of carbonyl (C=O) groups is 1. The molecule has 3 aromatic heterocycles. The van der Waals surface area contributed by atoms with Gasteiger partial charge in [-0.2, -0.15) is 0 Å². The van der Waals surface area contributed by atoms with E-state index in [1.807, 2.05) is 56.3 Å². The second-order valence-corrected chi connectivity index (χ2v) is 13.9. The summed E-state index contributed by atoms with van der Waals surface area (Å²) in [6.45, 7) is 12.5. The summed E-state index contributed by atoms with van der Waals surface area (Å²) in [4.78, 5) is 32.3. The highest BCUT2D eigenvalue weighted by Crippen LogP contribution is 2.40. The lowest BCUT2D eigenvalue weighted by molar-refractivity contribution is 0.0920. The van der Waals surface area contributed by atoms with Crippen molar-refractivity contribution in [2.75, 3.05) is 0 Å². The van der Waals surface area contributed by atoms with Gasteiger partial charge in [-0.15, -0.1) is 0 Å². The molecule has 6 aromatic rings. The number of aromatic nitrogens is 4. The van der Waals surface area contributed by atoms with E-state index in [0.29, 0.717) is 11.4 Å². The minimum atomic E-state index is -0.825. The summed E-state index contributed by atoms with van der Waals surface area (Å²) in [7, 11) is 0. The van der Waals surface area contributed by atoms with Crippen LogP contribution in [0.4, 0.5) is 0 Å². The standard InChI is InChI=1S/C44H38N4O/c1-25-12-14-30(15-13-25)39-32-17-16-31(45-32)24-37-44(5,6)43(49)42(48-37)40(29-10-8-7-9-11-29)34-19-21-36(47-34)41(35-20-18-33(39)46-35)38-27(3)22-26(2)23-28(38)4/h7-24,45-46H,1-6H3. The minimum absolute atomic E-state index is 0.0202. The molecule has 0 fully saturated rings. The second-order valence-electron chi connectivity index (χ2n) is 13.9. The Hall–Kier alpha value is -5.81. The van der Waals surface area contributed by atoms with Crippen molar-refractivity contribution in [1.82, 2.24) is 19.9 Å². The number of nitrogens with one attached hydrogen (secondary N) is 2. The summed E-state index contributed by atoms with van der Waals surface area (Å²) in [5, 5.41) is 0. The Morgan fingerprint density at radius 3 is 1.84 bits per heavy atom. The summed E-state index contributed by atoms with van der Waals surface area (Å²) in [6, 6.07) is 33.6. The number of nitrogens with zero attached hydrogens (tertiary/aromatic N) is 2. The number of hydrogen-bond donors (Lipinski definition) is 2. The molecular weight excluding hydrogens is 601 g/mol. The number of Topliss-reactive ketones (excluding diaryl/α,β-unsaturated/α-hetero) is 1. The summed E-state index contributed by atoms with van der Waals surface area (Å²) < 4.78 is 0. The number of benzene rings is 3. The van der Waals surface area contributed by atoms with Crippen molar-refractivity contribution in [2.24, 2.45) is 0 Å². The third kappa shape index (κ3) is 5.14. The molecule has 2 aliphatic rings. The van der Waals surface area contributed by atoms with Crippen molar-refractivity contribution in [1.29, 1.82) is 0 Å². The van der Waals surface area contributed by atoms with E-state index >= 15 is 0 Å². The predicted molar refractivity (Wildman–Crippen MR) is 203 cm³/mol. The van der Waals surface area contributed by atoms with Gasteiger partial charge in [0.1, 0.15) is 5.69 Å². The molecule has 8 bridgehead atoms. The molecule has 5 heterocycles. The molecule has 2 aliphatic heterocycles. The molecule has 2 N–H and O–H groups in total. The zero-order valence-electron chi connectivity index (χ0n) is 28.7. The van der Waals surface area contributed by atoms with Crippen LogP contribution in [-0.2, 0) is 5.41 Å². The van der Waals surface area contributed by atoms with E-state index in [0.717, 1.165) is 66.8 Å². The fourth-order valence-electron chi connectivity index (χ4n) is 7.38. The van der Waals surface area contributed by atoms with Gasteiger partial charge in [-0.05, 0) is 112 Å². The third-order valence-corrected chi connectivity index (χ3v) is 9.87. The number of fused-ring (bicyclic) bond motifs is 8. The molecule has 5 heteroatoms. The highest BCUT2D eigenvalue weighted by molar-refractivity contribution is 6.10. The first-order valence-corrected chi connectivity index (χ1v) is 16.8. The highest BCUT2D eigenvalue weighted by Gasteiger charge is 2.40. The van der Waals surface area contributed by atoms with Crippen molar-refractivity contribution in [3.8, 4) is 33.4 Å². The van der Waals surface area contributed by atoms with E-state index in [1.165, 1.54) is 22.3 Å².